The number of carbonyl (C=O) groups excluding carboxylic acids is 1. The Morgan fingerprint density at radius 2 is 1.92 bits per heavy atom. The fraction of sp³-hybridized carbons (Fsp3) is 0.650. The van der Waals surface area contributed by atoms with Gasteiger partial charge in [-0.15, -0.1) is 0 Å². The maximum atomic E-state index is 12.4. The van der Waals surface area contributed by atoms with Crippen molar-refractivity contribution >= 4 is 5.91 Å². The summed E-state index contributed by atoms with van der Waals surface area (Å²) in [5.41, 5.74) is 2.81. The van der Waals surface area contributed by atoms with Gasteiger partial charge in [0, 0.05) is 19.7 Å². The molecule has 1 aliphatic heterocycles. The minimum Gasteiger partial charge on any atom is -0.484 e. The Hall–Kier alpha value is -1.55. The maximum Gasteiger partial charge on any atom is 0.260 e. The van der Waals surface area contributed by atoms with Gasteiger partial charge >= 0.3 is 0 Å². The van der Waals surface area contributed by atoms with Crippen molar-refractivity contribution in [1.29, 1.82) is 0 Å². The second-order valence-electron chi connectivity index (χ2n) is 7.32. The van der Waals surface area contributed by atoms with E-state index in [2.05, 4.69) is 19.1 Å². The number of amides is 1. The number of aliphatic hydroxyl groups is 1. The quantitative estimate of drug-likeness (QED) is 0.902. The van der Waals surface area contributed by atoms with Gasteiger partial charge in [0.25, 0.3) is 5.91 Å². The zero-order valence-corrected chi connectivity index (χ0v) is 14.7. The zero-order valence-electron chi connectivity index (χ0n) is 14.7. The number of nitrogens with zero attached hydrogens (tertiary/aromatic N) is 1. The molecule has 1 heterocycles. The van der Waals surface area contributed by atoms with E-state index in [1.807, 2.05) is 11.0 Å². The van der Waals surface area contributed by atoms with E-state index in [0.717, 1.165) is 50.9 Å². The van der Waals surface area contributed by atoms with Gasteiger partial charge in [0.15, 0.2) is 6.61 Å². The Balaban J connectivity index is 1.51. The van der Waals surface area contributed by atoms with E-state index in [-0.39, 0.29) is 24.5 Å². The molecule has 0 spiro atoms. The van der Waals surface area contributed by atoms with Crippen molar-refractivity contribution in [2.24, 2.45) is 5.41 Å². The molecule has 4 heteroatoms. The molecule has 1 saturated heterocycles. The molecule has 0 unspecified atom stereocenters. The Labute approximate surface area is 144 Å². The summed E-state index contributed by atoms with van der Waals surface area (Å²) >= 11 is 0. The third kappa shape index (κ3) is 3.75. The third-order valence-electron chi connectivity index (χ3n) is 5.94. The van der Waals surface area contributed by atoms with Crippen molar-refractivity contribution in [3.63, 3.8) is 0 Å². The minimum absolute atomic E-state index is 0.0100. The van der Waals surface area contributed by atoms with Crippen LogP contribution < -0.4 is 4.74 Å². The summed E-state index contributed by atoms with van der Waals surface area (Å²) in [6.45, 7) is 3.89. The van der Waals surface area contributed by atoms with Crippen LogP contribution in [0.4, 0.5) is 0 Å². The number of benzene rings is 1. The van der Waals surface area contributed by atoms with Crippen molar-refractivity contribution in [2.75, 3.05) is 26.3 Å². The van der Waals surface area contributed by atoms with Crippen molar-refractivity contribution in [1.82, 2.24) is 4.90 Å². The number of fused-ring (bicyclic) bond motifs is 1. The van der Waals surface area contributed by atoms with Crippen LogP contribution in [0.1, 0.15) is 50.2 Å². The molecule has 1 fully saturated rings. The maximum absolute atomic E-state index is 12.4. The number of hydrogen-bond acceptors (Lipinski definition) is 3. The summed E-state index contributed by atoms with van der Waals surface area (Å²) in [7, 11) is 0. The molecule has 0 bridgehead atoms. The first-order valence-corrected chi connectivity index (χ1v) is 9.29. The molecule has 1 amide bonds. The second kappa shape index (κ2) is 7.56. The van der Waals surface area contributed by atoms with Crippen LogP contribution in [0.15, 0.2) is 18.2 Å². The van der Waals surface area contributed by atoms with E-state index in [1.165, 1.54) is 24.0 Å². The first kappa shape index (κ1) is 17.3. The first-order valence-electron chi connectivity index (χ1n) is 9.29. The average Bonchev–Trinajstić information content (AvgIpc) is 2.66. The molecule has 1 N–H and O–H groups in total. The number of ether oxygens (including phenoxy) is 1. The average molecular weight is 331 g/mol. The second-order valence-corrected chi connectivity index (χ2v) is 7.32. The molecule has 3 rings (SSSR count). The molecule has 0 saturated carbocycles. The molecule has 2 aliphatic rings. The van der Waals surface area contributed by atoms with Gasteiger partial charge in [-0.05, 0) is 73.6 Å². The number of hydrogen-bond donors (Lipinski definition) is 1. The van der Waals surface area contributed by atoms with Crippen molar-refractivity contribution in [2.45, 2.75) is 51.9 Å². The van der Waals surface area contributed by atoms with Crippen molar-refractivity contribution in [3.05, 3.63) is 29.3 Å². The first-order chi connectivity index (χ1) is 11.7. The fourth-order valence-electron chi connectivity index (χ4n) is 3.89. The molecule has 1 aromatic carbocycles. The van der Waals surface area contributed by atoms with E-state index >= 15 is 0 Å². The highest BCUT2D eigenvalue weighted by Crippen LogP contribution is 2.34. The predicted molar refractivity (Wildman–Crippen MR) is 94.2 cm³/mol. The van der Waals surface area contributed by atoms with Gasteiger partial charge in [0.1, 0.15) is 5.75 Å². The highest BCUT2D eigenvalue weighted by atomic mass is 16.5. The Morgan fingerprint density at radius 1 is 1.21 bits per heavy atom. The zero-order chi connectivity index (χ0) is 17.0. The normalized spacial score (nSPS) is 19.7. The van der Waals surface area contributed by atoms with Crippen LogP contribution in [-0.2, 0) is 17.6 Å². The van der Waals surface area contributed by atoms with Gasteiger partial charge in [0.2, 0.25) is 0 Å². The van der Waals surface area contributed by atoms with E-state index in [4.69, 9.17) is 4.74 Å². The van der Waals surface area contributed by atoms with Crippen LogP contribution in [0.25, 0.3) is 0 Å². The molecular formula is C20H29NO3. The summed E-state index contributed by atoms with van der Waals surface area (Å²) in [5.74, 6) is 0.856. The van der Waals surface area contributed by atoms with Gasteiger partial charge in [-0.2, -0.15) is 0 Å². The van der Waals surface area contributed by atoms with Crippen LogP contribution in [-0.4, -0.2) is 42.2 Å². The van der Waals surface area contributed by atoms with Crippen LogP contribution in [0.2, 0.25) is 0 Å². The van der Waals surface area contributed by atoms with Crippen LogP contribution in [0.5, 0.6) is 5.75 Å². The summed E-state index contributed by atoms with van der Waals surface area (Å²) in [6.07, 6.45) is 7.52. The monoisotopic (exact) mass is 331 g/mol. The molecule has 132 valence electrons. The Kier molecular flexibility index (Phi) is 5.44. The highest BCUT2D eigenvalue weighted by Gasteiger charge is 2.33. The molecule has 24 heavy (non-hydrogen) atoms. The van der Waals surface area contributed by atoms with E-state index < -0.39 is 0 Å². The highest BCUT2D eigenvalue weighted by molar-refractivity contribution is 5.77. The molecule has 1 aliphatic carbocycles. The van der Waals surface area contributed by atoms with Crippen LogP contribution in [0, 0.1) is 5.41 Å². The van der Waals surface area contributed by atoms with Gasteiger partial charge in [-0.1, -0.05) is 13.0 Å². The lowest BCUT2D eigenvalue weighted by Crippen LogP contribution is -2.46. The number of carbonyl (C=O) groups is 1. The van der Waals surface area contributed by atoms with Gasteiger partial charge in [-0.25, -0.2) is 0 Å². The number of aryl methyl sites for hydroxylation is 2. The van der Waals surface area contributed by atoms with Gasteiger partial charge < -0.3 is 14.7 Å². The van der Waals surface area contributed by atoms with Gasteiger partial charge in [0.05, 0.1) is 0 Å². The Morgan fingerprint density at radius 3 is 2.58 bits per heavy atom. The number of piperidine rings is 1. The van der Waals surface area contributed by atoms with Crippen LogP contribution >= 0.6 is 0 Å². The lowest BCUT2D eigenvalue weighted by atomic mass is 9.77. The van der Waals surface area contributed by atoms with Crippen molar-refractivity contribution < 1.29 is 14.6 Å². The smallest absolute Gasteiger partial charge is 0.260 e. The topological polar surface area (TPSA) is 49.8 Å². The summed E-state index contributed by atoms with van der Waals surface area (Å²) < 4.78 is 5.75. The van der Waals surface area contributed by atoms with Crippen molar-refractivity contribution in [3.8, 4) is 5.75 Å². The lowest BCUT2D eigenvalue weighted by molar-refractivity contribution is -0.136. The number of aliphatic hydroxyl groups excluding tert-OH is 1. The Bertz CT molecular complexity index is 570. The summed E-state index contributed by atoms with van der Waals surface area (Å²) in [6, 6.07) is 6.24. The predicted octanol–water partition coefficient (Wildman–Crippen LogP) is 2.96. The molecule has 4 nitrogen and oxygen atoms in total. The van der Waals surface area contributed by atoms with Gasteiger partial charge in [-0.3, -0.25) is 4.79 Å². The lowest BCUT2D eigenvalue weighted by Gasteiger charge is -2.40. The fourth-order valence-corrected chi connectivity index (χ4v) is 3.89. The number of likely N-dealkylation sites (tertiary alicyclic amines) is 1. The largest absolute Gasteiger partial charge is 0.484 e. The summed E-state index contributed by atoms with van der Waals surface area (Å²) in [5, 5.41) is 9.59. The third-order valence-corrected chi connectivity index (χ3v) is 5.94. The van der Waals surface area contributed by atoms with E-state index in [0.29, 0.717) is 0 Å². The van der Waals surface area contributed by atoms with E-state index in [1.54, 1.807) is 0 Å². The summed E-state index contributed by atoms with van der Waals surface area (Å²) in [4.78, 5) is 14.3. The van der Waals surface area contributed by atoms with Crippen LogP contribution in [0.3, 0.4) is 0 Å². The molecular weight excluding hydrogens is 302 g/mol. The van der Waals surface area contributed by atoms with E-state index in [9.17, 15) is 9.90 Å². The molecule has 1 aromatic rings. The molecule has 0 radical (unpaired) electrons. The SMILES string of the molecule is CCC1(CO)CCN(C(=O)COc2ccc3c(c2)CCCC3)CC1. The molecule has 0 atom stereocenters. The minimum atomic E-state index is 0.0100. The number of rotatable bonds is 5. The standard InChI is InChI=1S/C20H29NO3/c1-2-20(15-22)9-11-21(12-10-20)19(23)14-24-18-8-7-16-5-3-4-6-17(16)13-18/h7-8,13,22H,2-6,9-12,14-15H2,1H3. The molecule has 0 aromatic heterocycles.